The van der Waals surface area contributed by atoms with Crippen LogP contribution in [0.1, 0.15) is 125 Å². The molecule has 47 heavy (non-hydrogen) atoms. The Bertz CT molecular complexity index is 1660. The SMILES string of the molecule is CCC(C)c1ccc(-c2cccc3c2C=C(C(C)C)C3[Si](C)(C)C2C(C(C)C)=Cc3c(-c4ccc(C(C)CC)cc4)cccc32)cc1. The average molecular weight is 637 g/mol. The van der Waals surface area contributed by atoms with E-state index in [9.17, 15) is 0 Å². The van der Waals surface area contributed by atoms with Crippen LogP contribution in [0, 0.1) is 11.8 Å². The van der Waals surface area contributed by atoms with Gasteiger partial charge < -0.3 is 0 Å². The van der Waals surface area contributed by atoms with Gasteiger partial charge in [0.15, 0.2) is 0 Å². The lowest BCUT2D eigenvalue weighted by molar-refractivity contribution is 0.709. The molecule has 4 atom stereocenters. The summed E-state index contributed by atoms with van der Waals surface area (Å²) in [6, 6.07) is 33.1. The topological polar surface area (TPSA) is 0 Å². The van der Waals surface area contributed by atoms with E-state index < -0.39 is 8.07 Å². The number of hydrogen-bond acceptors (Lipinski definition) is 0. The minimum Gasteiger partial charge on any atom is -0.0679 e. The van der Waals surface area contributed by atoms with Crippen LogP contribution in [-0.4, -0.2) is 8.07 Å². The molecule has 0 bridgehead atoms. The summed E-state index contributed by atoms with van der Waals surface area (Å²) in [5, 5.41) is 0. The summed E-state index contributed by atoms with van der Waals surface area (Å²) in [6.07, 6.45) is 7.54. The molecule has 6 rings (SSSR count). The molecule has 0 radical (unpaired) electrons. The lowest BCUT2D eigenvalue weighted by Gasteiger charge is -2.41. The van der Waals surface area contributed by atoms with Crippen molar-refractivity contribution in [2.24, 2.45) is 11.8 Å². The molecular weight excluding hydrogens is 581 g/mol. The summed E-state index contributed by atoms with van der Waals surface area (Å²) in [7, 11) is -2.03. The van der Waals surface area contributed by atoms with Crippen LogP contribution in [0.4, 0.5) is 0 Å². The second-order valence-corrected chi connectivity index (χ2v) is 20.6. The molecular formula is C46H56Si. The first-order chi connectivity index (χ1) is 22.5. The molecule has 0 heterocycles. The van der Waals surface area contributed by atoms with Crippen molar-refractivity contribution in [2.75, 3.05) is 0 Å². The summed E-state index contributed by atoms with van der Waals surface area (Å²) in [5.41, 5.74) is 18.6. The molecule has 4 aromatic rings. The van der Waals surface area contributed by atoms with E-state index >= 15 is 0 Å². The third-order valence-electron chi connectivity index (χ3n) is 11.8. The van der Waals surface area contributed by atoms with Crippen molar-refractivity contribution in [1.82, 2.24) is 0 Å². The fraction of sp³-hybridized carbons (Fsp3) is 0.391. The van der Waals surface area contributed by atoms with Crippen molar-refractivity contribution in [2.45, 2.75) is 104 Å². The second kappa shape index (κ2) is 13.2. The van der Waals surface area contributed by atoms with Crippen LogP contribution in [0.5, 0.6) is 0 Å². The Morgan fingerprint density at radius 1 is 0.511 bits per heavy atom. The average Bonchev–Trinajstić information content (AvgIpc) is 3.69. The van der Waals surface area contributed by atoms with Crippen LogP contribution in [0.3, 0.4) is 0 Å². The molecule has 0 saturated heterocycles. The van der Waals surface area contributed by atoms with Gasteiger partial charge >= 0.3 is 0 Å². The highest BCUT2D eigenvalue weighted by molar-refractivity contribution is 6.81. The van der Waals surface area contributed by atoms with Crippen molar-refractivity contribution in [3.8, 4) is 22.3 Å². The summed E-state index contributed by atoms with van der Waals surface area (Å²) in [6.45, 7) is 24.3. The fourth-order valence-electron chi connectivity index (χ4n) is 8.64. The predicted octanol–water partition coefficient (Wildman–Crippen LogP) is 13.8. The smallest absolute Gasteiger partial charge is 0.0679 e. The van der Waals surface area contributed by atoms with E-state index in [1.54, 1.807) is 22.3 Å². The van der Waals surface area contributed by atoms with Gasteiger partial charge in [-0.15, -0.1) is 0 Å². The molecule has 0 spiro atoms. The molecule has 0 nitrogen and oxygen atoms in total. The van der Waals surface area contributed by atoms with E-state index in [1.165, 1.54) is 57.3 Å². The maximum absolute atomic E-state index is 2.69. The second-order valence-electron chi connectivity index (χ2n) is 15.8. The molecule has 4 aromatic carbocycles. The normalized spacial score (nSPS) is 18.6. The lowest BCUT2D eigenvalue weighted by atomic mass is 9.93. The molecule has 4 unspecified atom stereocenters. The number of allylic oxidation sites excluding steroid dienone is 2. The van der Waals surface area contributed by atoms with E-state index in [0.717, 1.165) is 0 Å². The van der Waals surface area contributed by atoms with E-state index in [0.29, 0.717) is 34.8 Å². The van der Waals surface area contributed by atoms with Crippen LogP contribution >= 0.6 is 0 Å². The summed E-state index contributed by atoms with van der Waals surface area (Å²) >= 11 is 0. The van der Waals surface area contributed by atoms with Crippen molar-refractivity contribution in [3.05, 3.63) is 129 Å². The van der Waals surface area contributed by atoms with Crippen LogP contribution in [-0.2, 0) is 0 Å². The third-order valence-corrected chi connectivity index (χ3v) is 16.1. The molecule has 1 heteroatoms. The number of fused-ring (bicyclic) bond motifs is 2. The zero-order valence-corrected chi connectivity index (χ0v) is 31.6. The van der Waals surface area contributed by atoms with E-state index in [4.69, 9.17) is 0 Å². The van der Waals surface area contributed by atoms with Gasteiger partial charge in [-0.3, -0.25) is 0 Å². The standard InChI is InChI=1S/C46H56Si/c1-11-31(7)33-19-23-35(24-20-33)37-15-13-17-39-43(37)27-41(29(3)4)45(39)47(9,10)46-40-18-14-16-38(44(40)28-42(46)30(5)6)36-25-21-34(22-26-36)32(8)12-2/h13-32,45-46H,11-12H2,1-10H3. The van der Waals surface area contributed by atoms with Crippen molar-refractivity contribution in [3.63, 3.8) is 0 Å². The van der Waals surface area contributed by atoms with Crippen molar-refractivity contribution >= 4 is 20.2 Å². The van der Waals surface area contributed by atoms with Gasteiger partial charge in [0.25, 0.3) is 0 Å². The number of hydrogen-bond donors (Lipinski definition) is 0. The molecule has 2 aliphatic rings. The minimum absolute atomic E-state index is 0.480. The highest BCUT2D eigenvalue weighted by Gasteiger charge is 2.49. The first-order valence-corrected chi connectivity index (χ1v) is 21.5. The van der Waals surface area contributed by atoms with Gasteiger partial charge in [-0.2, -0.15) is 0 Å². The van der Waals surface area contributed by atoms with Gasteiger partial charge in [0.1, 0.15) is 0 Å². The molecule has 0 fully saturated rings. The molecule has 0 N–H and O–H groups in total. The maximum atomic E-state index is 2.69. The van der Waals surface area contributed by atoms with Gasteiger partial charge in [-0.1, -0.05) is 177 Å². The fourth-order valence-corrected chi connectivity index (χ4v) is 13.6. The Morgan fingerprint density at radius 2 is 0.872 bits per heavy atom. The van der Waals surface area contributed by atoms with Crippen LogP contribution in [0.15, 0.2) is 96.1 Å². The number of rotatable bonds is 10. The van der Waals surface area contributed by atoms with E-state index in [-0.39, 0.29) is 0 Å². The van der Waals surface area contributed by atoms with Crippen LogP contribution in [0.2, 0.25) is 13.1 Å². The zero-order chi connectivity index (χ0) is 33.6. The molecule has 0 aromatic heterocycles. The monoisotopic (exact) mass is 636 g/mol. The highest BCUT2D eigenvalue weighted by atomic mass is 28.3. The first kappa shape index (κ1) is 33.5. The summed E-state index contributed by atoms with van der Waals surface area (Å²) in [5.74, 6) is 2.19. The summed E-state index contributed by atoms with van der Waals surface area (Å²) < 4.78 is 0. The van der Waals surface area contributed by atoms with E-state index in [1.807, 2.05) is 0 Å². The maximum Gasteiger partial charge on any atom is 0.0722 e. The van der Waals surface area contributed by atoms with Crippen LogP contribution < -0.4 is 0 Å². The van der Waals surface area contributed by atoms with Gasteiger partial charge in [-0.25, -0.2) is 0 Å². The Hall–Kier alpha value is -3.42. The number of benzene rings is 4. The largest absolute Gasteiger partial charge is 0.0722 e. The Labute approximate surface area is 287 Å². The van der Waals surface area contributed by atoms with Crippen molar-refractivity contribution < 1.29 is 0 Å². The van der Waals surface area contributed by atoms with E-state index in [2.05, 4.69) is 166 Å². The molecule has 0 saturated carbocycles. The Kier molecular flexibility index (Phi) is 9.43. The zero-order valence-electron chi connectivity index (χ0n) is 30.6. The van der Waals surface area contributed by atoms with Crippen LogP contribution in [0.25, 0.3) is 34.4 Å². The Balaban J connectivity index is 1.45. The predicted molar refractivity (Wildman–Crippen MR) is 210 cm³/mol. The summed E-state index contributed by atoms with van der Waals surface area (Å²) in [4.78, 5) is 0. The highest BCUT2D eigenvalue weighted by Crippen LogP contribution is 2.56. The lowest BCUT2D eigenvalue weighted by Crippen LogP contribution is -2.44. The first-order valence-electron chi connectivity index (χ1n) is 18.4. The van der Waals surface area contributed by atoms with Gasteiger partial charge in [-0.05, 0) is 92.1 Å². The molecule has 244 valence electrons. The van der Waals surface area contributed by atoms with Gasteiger partial charge in [0.05, 0.1) is 8.07 Å². The molecule has 0 aliphatic heterocycles. The molecule has 2 aliphatic carbocycles. The molecule has 0 amide bonds. The Morgan fingerprint density at radius 3 is 1.19 bits per heavy atom. The van der Waals surface area contributed by atoms with Crippen molar-refractivity contribution in [1.29, 1.82) is 0 Å². The van der Waals surface area contributed by atoms with Gasteiger partial charge in [0.2, 0.25) is 0 Å². The quantitative estimate of drug-likeness (QED) is 0.152. The van der Waals surface area contributed by atoms with Gasteiger partial charge in [0, 0.05) is 11.1 Å². The minimum atomic E-state index is -2.03. The third kappa shape index (κ3) is 5.95.